The molecule has 0 rings (SSSR count). The molecule has 0 aliphatic rings. The first kappa shape index (κ1) is 13.3. The highest BCUT2D eigenvalue weighted by molar-refractivity contribution is 7.99. The summed E-state index contributed by atoms with van der Waals surface area (Å²) in [5.74, 6) is 2.56. The van der Waals surface area contributed by atoms with Gasteiger partial charge in [0.05, 0.1) is 0 Å². The van der Waals surface area contributed by atoms with Crippen molar-refractivity contribution in [3.63, 3.8) is 0 Å². The Morgan fingerprint density at radius 2 is 1.92 bits per heavy atom. The Morgan fingerprint density at radius 3 is 2.31 bits per heavy atom. The fraction of sp³-hybridized carbons (Fsp3) is 1.00. The largest absolute Gasteiger partial charge is 0.316 e. The maximum atomic E-state index is 3.41. The van der Waals surface area contributed by atoms with Gasteiger partial charge in [-0.25, -0.2) is 0 Å². The lowest BCUT2D eigenvalue weighted by Crippen LogP contribution is -2.37. The van der Waals surface area contributed by atoms with E-state index in [0.717, 1.165) is 0 Å². The maximum absolute atomic E-state index is 3.41. The van der Waals surface area contributed by atoms with Crippen LogP contribution in [0.1, 0.15) is 40.5 Å². The molecule has 0 bridgehead atoms. The smallest absolute Gasteiger partial charge is 0.0113 e. The van der Waals surface area contributed by atoms with E-state index in [2.05, 4.69) is 40.1 Å². The molecule has 13 heavy (non-hydrogen) atoms. The first-order chi connectivity index (χ1) is 6.02. The molecule has 0 saturated heterocycles. The molecule has 0 saturated carbocycles. The highest BCUT2D eigenvalue weighted by Crippen LogP contribution is 2.23. The minimum absolute atomic E-state index is 0.394. The summed E-state index contributed by atoms with van der Waals surface area (Å²) < 4.78 is 0. The molecule has 0 spiro atoms. The van der Waals surface area contributed by atoms with E-state index in [1.165, 1.54) is 24.3 Å². The van der Waals surface area contributed by atoms with Crippen LogP contribution in [0.3, 0.4) is 0 Å². The van der Waals surface area contributed by atoms with Crippen LogP contribution in [0.25, 0.3) is 0 Å². The van der Waals surface area contributed by atoms with Crippen LogP contribution in [0.2, 0.25) is 0 Å². The zero-order chi connectivity index (χ0) is 10.3. The van der Waals surface area contributed by atoms with Crippen LogP contribution < -0.4 is 5.32 Å². The Morgan fingerprint density at radius 1 is 1.31 bits per heavy atom. The Hall–Kier alpha value is 0.310. The quantitative estimate of drug-likeness (QED) is 0.666. The van der Waals surface area contributed by atoms with Gasteiger partial charge in [-0.2, -0.15) is 11.8 Å². The summed E-state index contributed by atoms with van der Waals surface area (Å²) in [6.07, 6.45) is 2.63. The van der Waals surface area contributed by atoms with Gasteiger partial charge in [0.2, 0.25) is 0 Å². The van der Waals surface area contributed by atoms with Crippen LogP contribution in [0.5, 0.6) is 0 Å². The molecule has 1 nitrogen and oxygen atoms in total. The third kappa shape index (κ3) is 6.39. The number of rotatable bonds is 6. The summed E-state index contributed by atoms with van der Waals surface area (Å²) in [6, 6.07) is 0.657. The second kappa shape index (κ2) is 6.72. The monoisotopic (exact) mass is 203 g/mol. The summed E-state index contributed by atoms with van der Waals surface area (Å²) in [4.78, 5) is 0. The zero-order valence-electron chi connectivity index (χ0n) is 9.81. The van der Waals surface area contributed by atoms with Gasteiger partial charge >= 0.3 is 0 Å². The molecule has 0 heterocycles. The van der Waals surface area contributed by atoms with Crippen molar-refractivity contribution in [2.75, 3.05) is 18.6 Å². The van der Waals surface area contributed by atoms with Crippen LogP contribution in [-0.2, 0) is 0 Å². The Balaban J connectivity index is 3.61. The Bertz CT molecular complexity index is 118. The molecule has 0 aromatic rings. The summed E-state index contributed by atoms with van der Waals surface area (Å²) >= 11 is 2.04. The average Bonchev–Trinajstić information content (AvgIpc) is 2.02. The molecule has 80 valence electrons. The molecule has 0 aliphatic heterocycles. The van der Waals surface area contributed by atoms with Gasteiger partial charge in [-0.1, -0.05) is 27.7 Å². The van der Waals surface area contributed by atoms with Gasteiger partial charge in [-0.15, -0.1) is 0 Å². The first-order valence-electron chi connectivity index (χ1n) is 5.27. The summed E-state index contributed by atoms with van der Waals surface area (Å²) in [5, 5.41) is 3.41. The molecule has 1 unspecified atom stereocenters. The van der Waals surface area contributed by atoms with Gasteiger partial charge in [0.25, 0.3) is 0 Å². The lowest BCUT2D eigenvalue weighted by atomic mass is 9.84. The number of thioether (sulfide) groups is 1. The maximum Gasteiger partial charge on any atom is 0.0113 e. The second-order valence-electron chi connectivity index (χ2n) is 4.55. The first-order valence-corrected chi connectivity index (χ1v) is 6.42. The standard InChI is InChI=1S/C11H25NS/c1-6-13-9-7-8-10(12-5)11(2,3)4/h10,12H,6-9H2,1-5H3. The third-order valence-corrected chi connectivity index (χ3v) is 3.37. The van der Waals surface area contributed by atoms with Crippen LogP contribution >= 0.6 is 11.8 Å². The topological polar surface area (TPSA) is 12.0 Å². The van der Waals surface area contributed by atoms with E-state index in [0.29, 0.717) is 11.5 Å². The van der Waals surface area contributed by atoms with Crippen LogP contribution in [0.4, 0.5) is 0 Å². The minimum Gasteiger partial charge on any atom is -0.316 e. The van der Waals surface area contributed by atoms with Crippen molar-refractivity contribution < 1.29 is 0 Å². The predicted molar refractivity (Wildman–Crippen MR) is 64.5 cm³/mol. The predicted octanol–water partition coefficient (Wildman–Crippen LogP) is 3.15. The minimum atomic E-state index is 0.394. The number of hydrogen-bond donors (Lipinski definition) is 1. The van der Waals surface area contributed by atoms with Gasteiger partial charge in [0.15, 0.2) is 0 Å². The van der Waals surface area contributed by atoms with Crippen molar-refractivity contribution in [3.8, 4) is 0 Å². The van der Waals surface area contributed by atoms with Gasteiger partial charge in [0, 0.05) is 6.04 Å². The van der Waals surface area contributed by atoms with Gasteiger partial charge < -0.3 is 5.32 Å². The number of nitrogens with one attached hydrogen (secondary N) is 1. The van der Waals surface area contributed by atoms with E-state index in [9.17, 15) is 0 Å². The average molecular weight is 203 g/mol. The van der Waals surface area contributed by atoms with E-state index < -0.39 is 0 Å². The normalized spacial score (nSPS) is 14.5. The van der Waals surface area contributed by atoms with Crippen molar-refractivity contribution >= 4 is 11.8 Å². The van der Waals surface area contributed by atoms with Crippen molar-refractivity contribution in [3.05, 3.63) is 0 Å². The van der Waals surface area contributed by atoms with Crippen molar-refractivity contribution in [2.24, 2.45) is 5.41 Å². The van der Waals surface area contributed by atoms with Crippen LogP contribution in [-0.4, -0.2) is 24.6 Å². The molecule has 1 atom stereocenters. The van der Waals surface area contributed by atoms with Gasteiger partial charge in [-0.3, -0.25) is 0 Å². The molecular weight excluding hydrogens is 178 g/mol. The summed E-state index contributed by atoms with van der Waals surface area (Å²) in [7, 11) is 2.07. The van der Waals surface area contributed by atoms with E-state index in [-0.39, 0.29) is 0 Å². The third-order valence-electron chi connectivity index (χ3n) is 2.38. The lowest BCUT2D eigenvalue weighted by Gasteiger charge is -2.30. The second-order valence-corrected chi connectivity index (χ2v) is 5.94. The van der Waals surface area contributed by atoms with Crippen molar-refractivity contribution in [1.82, 2.24) is 5.32 Å². The van der Waals surface area contributed by atoms with Gasteiger partial charge in [-0.05, 0) is 36.8 Å². The Kier molecular flexibility index (Phi) is 6.88. The molecule has 0 radical (unpaired) electrons. The molecule has 0 aliphatic carbocycles. The molecule has 0 amide bonds. The molecular formula is C11H25NS. The van der Waals surface area contributed by atoms with Gasteiger partial charge in [0.1, 0.15) is 0 Å². The van der Waals surface area contributed by atoms with E-state index >= 15 is 0 Å². The molecule has 0 aromatic carbocycles. The van der Waals surface area contributed by atoms with E-state index in [1.807, 2.05) is 11.8 Å². The molecule has 2 heteroatoms. The van der Waals surface area contributed by atoms with Crippen LogP contribution in [0, 0.1) is 5.41 Å². The lowest BCUT2D eigenvalue weighted by molar-refractivity contribution is 0.266. The highest BCUT2D eigenvalue weighted by atomic mass is 32.2. The fourth-order valence-electron chi connectivity index (χ4n) is 1.54. The molecule has 0 aromatic heterocycles. The highest BCUT2D eigenvalue weighted by Gasteiger charge is 2.21. The van der Waals surface area contributed by atoms with Crippen molar-refractivity contribution in [2.45, 2.75) is 46.6 Å². The van der Waals surface area contributed by atoms with Crippen LogP contribution in [0.15, 0.2) is 0 Å². The SMILES string of the molecule is CCSCCCC(NC)C(C)(C)C. The van der Waals surface area contributed by atoms with E-state index in [1.54, 1.807) is 0 Å². The molecule has 0 fully saturated rings. The Labute approximate surface area is 88.1 Å². The fourth-order valence-corrected chi connectivity index (χ4v) is 2.20. The molecule has 1 N–H and O–H groups in total. The number of hydrogen-bond acceptors (Lipinski definition) is 2. The van der Waals surface area contributed by atoms with E-state index in [4.69, 9.17) is 0 Å². The summed E-state index contributed by atoms with van der Waals surface area (Å²) in [6.45, 7) is 9.15. The van der Waals surface area contributed by atoms with Crippen molar-refractivity contribution in [1.29, 1.82) is 0 Å². The summed E-state index contributed by atoms with van der Waals surface area (Å²) in [5.41, 5.74) is 0.394. The zero-order valence-corrected chi connectivity index (χ0v) is 10.6.